The zero-order chi connectivity index (χ0) is 11.6. The Morgan fingerprint density at radius 2 is 1.93 bits per heavy atom. The van der Waals surface area contributed by atoms with E-state index in [1.165, 1.54) is 6.92 Å². The van der Waals surface area contributed by atoms with Crippen molar-refractivity contribution in [1.82, 2.24) is 5.32 Å². The van der Waals surface area contributed by atoms with E-state index < -0.39 is 43.2 Å². The first-order valence-corrected chi connectivity index (χ1v) is 4.55. The number of aliphatic hydroxyl groups is 4. The van der Waals surface area contributed by atoms with Gasteiger partial charge in [0.15, 0.2) is 6.29 Å². The molecule has 1 fully saturated rings. The summed E-state index contributed by atoms with van der Waals surface area (Å²) in [7, 11) is 0. The van der Waals surface area contributed by atoms with E-state index in [1.54, 1.807) is 0 Å². The summed E-state index contributed by atoms with van der Waals surface area (Å²) in [5.41, 5.74) is 0. The average molecular weight is 221 g/mol. The number of hydrogen-bond acceptors (Lipinski definition) is 6. The van der Waals surface area contributed by atoms with Crippen molar-refractivity contribution >= 4 is 5.91 Å². The van der Waals surface area contributed by atoms with Gasteiger partial charge in [-0.3, -0.25) is 4.79 Å². The van der Waals surface area contributed by atoms with Gasteiger partial charge in [-0.15, -0.1) is 0 Å². The Hall–Kier alpha value is -0.730. The number of nitrogens with one attached hydrogen (secondary N) is 1. The number of amides is 1. The molecule has 4 unspecified atom stereocenters. The molecule has 1 rings (SSSR count). The van der Waals surface area contributed by atoms with Crippen LogP contribution in [0.25, 0.3) is 0 Å². The third-order valence-electron chi connectivity index (χ3n) is 2.27. The molecule has 0 aromatic carbocycles. The maximum Gasteiger partial charge on any atom is 0.217 e. The van der Waals surface area contributed by atoms with Crippen LogP contribution in [0.2, 0.25) is 0 Å². The summed E-state index contributed by atoms with van der Waals surface area (Å²) >= 11 is 0. The summed E-state index contributed by atoms with van der Waals surface area (Å²) in [6.07, 6.45) is -5.24. The van der Waals surface area contributed by atoms with E-state index >= 15 is 0 Å². The largest absolute Gasteiger partial charge is 0.394 e. The Balaban J connectivity index is 2.70. The highest BCUT2D eigenvalue weighted by Gasteiger charge is 2.43. The highest BCUT2D eigenvalue weighted by molar-refractivity contribution is 5.73. The Labute approximate surface area is 86.3 Å². The minimum Gasteiger partial charge on any atom is -0.394 e. The van der Waals surface area contributed by atoms with Crippen LogP contribution in [-0.4, -0.2) is 63.6 Å². The molecule has 0 aromatic heterocycles. The van der Waals surface area contributed by atoms with Gasteiger partial charge in [-0.25, -0.2) is 0 Å². The third kappa shape index (κ3) is 2.64. The van der Waals surface area contributed by atoms with Crippen molar-refractivity contribution in [2.45, 2.75) is 37.6 Å². The molecule has 0 bridgehead atoms. The van der Waals surface area contributed by atoms with E-state index in [1.807, 2.05) is 0 Å². The van der Waals surface area contributed by atoms with Crippen molar-refractivity contribution in [3.63, 3.8) is 0 Å². The quantitative estimate of drug-likeness (QED) is 0.337. The number of aliphatic hydroxyl groups excluding tert-OH is 4. The predicted octanol–water partition coefficient (Wildman–Crippen LogP) is -3.08. The first kappa shape index (κ1) is 12.3. The zero-order valence-corrected chi connectivity index (χ0v) is 8.20. The van der Waals surface area contributed by atoms with E-state index in [9.17, 15) is 20.1 Å². The number of carbonyl (C=O) groups excluding carboxylic acids is 1. The molecule has 1 amide bonds. The van der Waals surface area contributed by atoms with Crippen molar-refractivity contribution in [2.75, 3.05) is 6.61 Å². The van der Waals surface area contributed by atoms with Crippen LogP contribution >= 0.6 is 0 Å². The summed E-state index contributed by atoms with van der Waals surface area (Å²) in [5, 5.41) is 39.4. The fourth-order valence-electron chi connectivity index (χ4n) is 1.49. The number of hydrogen-bond donors (Lipinski definition) is 5. The molecule has 1 aliphatic rings. The topological polar surface area (TPSA) is 119 Å². The van der Waals surface area contributed by atoms with Gasteiger partial charge in [0.2, 0.25) is 5.91 Å². The maximum absolute atomic E-state index is 10.7. The van der Waals surface area contributed by atoms with Gasteiger partial charge in [-0.05, 0) is 0 Å². The highest BCUT2D eigenvalue weighted by atomic mass is 16.6. The van der Waals surface area contributed by atoms with Gasteiger partial charge >= 0.3 is 0 Å². The summed E-state index contributed by atoms with van der Waals surface area (Å²) in [4.78, 5) is 10.7. The predicted molar refractivity (Wildman–Crippen MR) is 47.6 cm³/mol. The Bertz CT molecular complexity index is 235. The van der Waals surface area contributed by atoms with Crippen LogP contribution in [0, 0.1) is 0 Å². The van der Waals surface area contributed by atoms with Crippen LogP contribution < -0.4 is 5.32 Å². The fourth-order valence-corrected chi connectivity index (χ4v) is 1.49. The molecular formula is C8H15NO6. The molecule has 0 saturated carbocycles. The van der Waals surface area contributed by atoms with E-state index in [0.29, 0.717) is 0 Å². The molecule has 0 aliphatic carbocycles. The van der Waals surface area contributed by atoms with Crippen molar-refractivity contribution in [3.05, 3.63) is 0 Å². The molecule has 5 atom stereocenters. The van der Waals surface area contributed by atoms with Crippen LogP contribution in [0.4, 0.5) is 0 Å². The lowest BCUT2D eigenvalue weighted by Crippen LogP contribution is -2.63. The monoisotopic (exact) mass is 221 g/mol. The second kappa shape index (κ2) is 4.86. The summed E-state index contributed by atoms with van der Waals surface area (Å²) in [6, 6.07) is -1.10. The van der Waals surface area contributed by atoms with Gasteiger partial charge < -0.3 is 30.5 Å². The molecular weight excluding hydrogens is 206 g/mol. The number of rotatable bonds is 2. The molecule has 5 N–H and O–H groups in total. The number of carbonyl (C=O) groups is 1. The zero-order valence-electron chi connectivity index (χ0n) is 8.20. The summed E-state index contributed by atoms with van der Waals surface area (Å²) in [6.45, 7) is 0.687. The lowest BCUT2D eigenvalue weighted by Gasteiger charge is -2.40. The normalized spacial score (nSPS) is 41.3. The van der Waals surface area contributed by atoms with Crippen molar-refractivity contribution in [2.24, 2.45) is 0 Å². The molecule has 0 aromatic rings. The first-order chi connectivity index (χ1) is 6.97. The van der Waals surface area contributed by atoms with Crippen LogP contribution in [0.5, 0.6) is 0 Å². The lowest BCUT2D eigenvalue weighted by molar-refractivity contribution is -0.253. The Kier molecular flexibility index (Phi) is 4.00. The maximum atomic E-state index is 10.7. The van der Waals surface area contributed by atoms with Crippen molar-refractivity contribution in [3.8, 4) is 0 Å². The van der Waals surface area contributed by atoms with Crippen LogP contribution in [0.3, 0.4) is 0 Å². The highest BCUT2D eigenvalue weighted by Crippen LogP contribution is 2.19. The van der Waals surface area contributed by atoms with Gasteiger partial charge in [-0.1, -0.05) is 0 Å². The SMILES string of the molecule is CC(=O)NC1C(O)OC(CO)[C@H](O)C1O. The summed E-state index contributed by atoms with van der Waals surface area (Å²) in [5.74, 6) is -0.462. The molecule has 15 heavy (non-hydrogen) atoms. The third-order valence-corrected chi connectivity index (χ3v) is 2.27. The van der Waals surface area contributed by atoms with Gasteiger partial charge in [0.25, 0.3) is 0 Å². The molecule has 1 saturated heterocycles. The second-order valence-corrected chi connectivity index (χ2v) is 3.46. The van der Waals surface area contributed by atoms with E-state index in [2.05, 4.69) is 5.32 Å². The molecule has 1 aliphatic heterocycles. The van der Waals surface area contributed by atoms with Gasteiger partial charge in [0.1, 0.15) is 24.4 Å². The van der Waals surface area contributed by atoms with Crippen molar-refractivity contribution < 1.29 is 30.0 Å². The molecule has 0 radical (unpaired) electrons. The van der Waals surface area contributed by atoms with E-state index in [0.717, 1.165) is 0 Å². The molecule has 7 nitrogen and oxygen atoms in total. The minimum atomic E-state index is -1.45. The Morgan fingerprint density at radius 3 is 2.40 bits per heavy atom. The number of ether oxygens (including phenoxy) is 1. The molecule has 1 heterocycles. The molecule has 0 spiro atoms. The molecule has 7 heteroatoms. The standard InChI is InChI=1S/C8H15NO6/c1-3(11)9-5-7(13)6(12)4(2-10)15-8(5)14/h4-8,10,12-14H,2H2,1H3,(H,9,11)/t4?,5?,6-,7?,8?/m0/s1. The van der Waals surface area contributed by atoms with E-state index in [4.69, 9.17) is 9.84 Å². The average Bonchev–Trinajstić information content (AvgIpc) is 2.18. The van der Waals surface area contributed by atoms with Gasteiger partial charge in [0, 0.05) is 6.92 Å². The van der Waals surface area contributed by atoms with Gasteiger partial charge in [-0.2, -0.15) is 0 Å². The van der Waals surface area contributed by atoms with Gasteiger partial charge in [0.05, 0.1) is 6.61 Å². The molecule has 88 valence electrons. The second-order valence-electron chi connectivity index (χ2n) is 3.46. The smallest absolute Gasteiger partial charge is 0.217 e. The van der Waals surface area contributed by atoms with E-state index in [-0.39, 0.29) is 0 Å². The lowest BCUT2D eigenvalue weighted by atomic mass is 9.97. The van der Waals surface area contributed by atoms with Crippen LogP contribution in [0.15, 0.2) is 0 Å². The minimum absolute atomic E-state index is 0.462. The fraction of sp³-hybridized carbons (Fsp3) is 0.875. The Morgan fingerprint density at radius 1 is 1.33 bits per heavy atom. The summed E-state index contributed by atoms with van der Waals surface area (Å²) < 4.78 is 4.81. The first-order valence-electron chi connectivity index (χ1n) is 4.55. The van der Waals surface area contributed by atoms with Crippen LogP contribution in [0.1, 0.15) is 6.92 Å². The van der Waals surface area contributed by atoms with Crippen LogP contribution in [-0.2, 0) is 9.53 Å². The van der Waals surface area contributed by atoms with Crippen molar-refractivity contribution in [1.29, 1.82) is 0 Å².